The van der Waals surface area contributed by atoms with Crippen LogP contribution in [-0.2, 0) is 9.84 Å². The number of hydrogen-bond donors (Lipinski definition) is 1. The number of carbonyl (C=O) groups is 1. The second-order valence-corrected chi connectivity index (χ2v) is 10.7. The number of fused-ring (bicyclic) bond motifs is 3. The van der Waals surface area contributed by atoms with Crippen LogP contribution in [0.3, 0.4) is 0 Å². The molecule has 0 atom stereocenters. The number of sulfone groups is 1. The molecule has 3 heterocycles. The first kappa shape index (κ1) is 20.7. The number of aromatic nitrogens is 2. The van der Waals surface area contributed by atoms with Crippen LogP contribution in [0.2, 0.25) is 0 Å². The van der Waals surface area contributed by atoms with E-state index in [4.69, 9.17) is 0 Å². The first-order valence-electron chi connectivity index (χ1n) is 10.8. The van der Waals surface area contributed by atoms with Gasteiger partial charge in [-0.15, -0.1) is 0 Å². The van der Waals surface area contributed by atoms with Gasteiger partial charge in [0.2, 0.25) is 0 Å². The summed E-state index contributed by atoms with van der Waals surface area (Å²) in [6.07, 6.45) is 2.83. The Labute approximate surface area is 187 Å². The van der Waals surface area contributed by atoms with Crippen molar-refractivity contribution in [1.29, 1.82) is 0 Å². The number of likely N-dealkylation sites (tertiary alicyclic amines) is 1. The molecule has 2 aromatic carbocycles. The van der Waals surface area contributed by atoms with E-state index in [1.807, 2.05) is 37.1 Å². The lowest BCUT2D eigenvalue weighted by molar-refractivity contribution is 0.0651. The highest BCUT2D eigenvalue weighted by Crippen LogP contribution is 2.39. The van der Waals surface area contributed by atoms with E-state index in [1.54, 1.807) is 25.1 Å². The second kappa shape index (κ2) is 7.45. The lowest BCUT2D eigenvalue weighted by atomic mass is 9.93. The average Bonchev–Trinajstić information content (AvgIpc) is 3.12. The van der Waals surface area contributed by atoms with Gasteiger partial charge in [0.05, 0.1) is 16.2 Å². The van der Waals surface area contributed by atoms with Crippen LogP contribution in [0.1, 0.15) is 34.8 Å². The molecule has 5 rings (SSSR count). The molecule has 1 fully saturated rings. The SMILES string of the molecule is CCS(=O)(=O)c1cccc(-c2cc(C(=O)N3CCC3)c(C)c3[nH]c4ncc(C)cc4c23)c1. The Kier molecular flexibility index (Phi) is 4.82. The third-order valence-electron chi connectivity index (χ3n) is 6.38. The summed E-state index contributed by atoms with van der Waals surface area (Å²) in [7, 11) is -3.36. The number of nitrogens with zero attached hydrogens (tertiary/aromatic N) is 2. The molecule has 0 aliphatic carbocycles. The van der Waals surface area contributed by atoms with E-state index in [9.17, 15) is 13.2 Å². The monoisotopic (exact) mass is 447 g/mol. The summed E-state index contributed by atoms with van der Waals surface area (Å²) in [5, 5.41) is 1.92. The van der Waals surface area contributed by atoms with Gasteiger partial charge >= 0.3 is 0 Å². The van der Waals surface area contributed by atoms with Crippen LogP contribution >= 0.6 is 0 Å². The normalized spacial score (nSPS) is 14.2. The number of pyridine rings is 1. The summed E-state index contributed by atoms with van der Waals surface area (Å²) < 4.78 is 25.1. The van der Waals surface area contributed by atoms with Crippen molar-refractivity contribution in [2.24, 2.45) is 0 Å². The van der Waals surface area contributed by atoms with Gasteiger partial charge in [-0.05, 0) is 66.8 Å². The summed E-state index contributed by atoms with van der Waals surface area (Å²) in [4.78, 5) is 23.3. The number of H-pyrrole nitrogens is 1. The Morgan fingerprint density at radius 3 is 2.62 bits per heavy atom. The maximum atomic E-state index is 13.2. The van der Waals surface area contributed by atoms with Crippen LogP contribution in [0.25, 0.3) is 33.1 Å². The van der Waals surface area contributed by atoms with Crippen molar-refractivity contribution < 1.29 is 13.2 Å². The molecule has 164 valence electrons. The molecule has 32 heavy (non-hydrogen) atoms. The van der Waals surface area contributed by atoms with E-state index < -0.39 is 9.84 Å². The molecule has 6 nitrogen and oxygen atoms in total. The molecule has 1 saturated heterocycles. The highest BCUT2D eigenvalue weighted by atomic mass is 32.2. The first-order valence-corrected chi connectivity index (χ1v) is 12.5. The quantitative estimate of drug-likeness (QED) is 0.494. The van der Waals surface area contributed by atoms with Gasteiger partial charge in [-0.3, -0.25) is 4.79 Å². The Bertz CT molecular complexity index is 1500. The number of hydrogen-bond acceptors (Lipinski definition) is 4. The number of amides is 1. The number of aryl methyl sites for hydroxylation is 2. The van der Waals surface area contributed by atoms with Gasteiger partial charge in [0, 0.05) is 35.6 Å². The maximum absolute atomic E-state index is 13.2. The molecule has 2 aromatic heterocycles. The van der Waals surface area contributed by atoms with Gasteiger partial charge in [0.25, 0.3) is 5.91 Å². The molecule has 0 spiro atoms. The van der Waals surface area contributed by atoms with Crippen molar-refractivity contribution >= 4 is 37.7 Å². The summed E-state index contributed by atoms with van der Waals surface area (Å²) in [6, 6.07) is 11.0. The fourth-order valence-corrected chi connectivity index (χ4v) is 5.28. The van der Waals surface area contributed by atoms with Crippen molar-refractivity contribution in [1.82, 2.24) is 14.9 Å². The smallest absolute Gasteiger partial charge is 0.254 e. The Morgan fingerprint density at radius 1 is 1.16 bits per heavy atom. The van der Waals surface area contributed by atoms with Crippen LogP contribution in [0.5, 0.6) is 0 Å². The number of carbonyl (C=O) groups excluding carboxylic acids is 1. The molecule has 0 bridgehead atoms. The van der Waals surface area contributed by atoms with Crippen molar-refractivity contribution in [2.75, 3.05) is 18.8 Å². The minimum Gasteiger partial charge on any atom is -0.339 e. The molecular weight excluding hydrogens is 422 g/mol. The molecule has 0 radical (unpaired) electrons. The van der Waals surface area contributed by atoms with Gasteiger partial charge in [-0.25, -0.2) is 13.4 Å². The number of benzene rings is 2. The predicted molar refractivity (Wildman–Crippen MR) is 127 cm³/mol. The molecule has 1 N–H and O–H groups in total. The first-order chi connectivity index (χ1) is 15.3. The van der Waals surface area contributed by atoms with Gasteiger partial charge in [-0.1, -0.05) is 19.1 Å². The van der Waals surface area contributed by atoms with Gasteiger partial charge < -0.3 is 9.88 Å². The second-order valence-electron chi connectivity index (χ2n) is 8.46. The molecule has 1 aliphatic heterocycles. The zero-order chi connectivity index (χ0) is 22.6. The molecule has 0 saturated carbocycles. The van der Waals surface area contributed by atoms with E-state index >= 15 is 0 Å². The van der Waals surface area contributed by atoms with Crippen LogP contribution < -0.4 is 0 Å². The lowest BCUT2D eigenvalue weighted by Gasteiger charge is -2.31. The van der Waals surface area contributed by atoms with Crippen molar-refractivity contribution in [3.8, 4) is 11.1 Å². The number of aromatic amines is 1. The zero-order valence-electron chi connectivity index (χ0n) is 18.4. The van der Waals surface area contributed by atoms with Gasteiger partial charge in [-0.2, -0.15) is 0 Å². The fourth-order valence-electron chi connectivity index (χ4n) is 4.36. The third kappa shape index (κ3) is 3.19. The predicted octanol–water partition coefficient (Wildman–Crippen LogP) is 4.64. The van der Waals surface area contributed by atoms with E-state index in [-0.39, 0.29) is 16.6 Å². The van der Waals surface area contributed by atoms with Gasteiger partial charge in [0.15, 0.2) is 9.84 Å². The largest absolute Gasteiger partial charge is 0.339 e. The Hall–Kier alpha value is -3.19. The van der Waals surface area contributed by atoms with E-state index in [2.05, 4.69) is 16.0 Å². The van der Waals surface area contributed by atoms with E-state index in [0.29, 0.717) is 5.56 Å². The highest BCUT2D eigenvalue weighted by Gasteiger charge is 2.26. The maximum Gasteiger partial charge on any atom is 0.254 e. The summed E-state index contributed by atoms with van der Waals surface area (Å²) in [5.41, 5.74) is 5.77. The molecule has 4 aromatic rings. The summed E-state index contributed by atoms with van der Waals surface area (Å²) in [5.74, 6) is 0.0475. The Morgan fingerprint density at radius 2 is 1.94 bits per heavy atom. The van der Waals surface area contributed by atoms with Crippen LogP contribution in [0, 0.1) is 13.8 Å². The molecular formula is C25H25N3O3S. The topological polar surface area (TPSA) is 83.1 Å². The van der Waals surface area contributed by atoms with Crippen LogP contribution in [0.15, 0.2) is 47.5 Å². The van der Waals surface area contributed by atoms with Crippen LogP contribution in [0.4, 0.5) is 0 Å². The lowest BCUT2D eigenvalue weighted by Crippen LogP contribution is -2.42. The Balaban J connectivity index is 1.85. The number of nitrogens with one attached hydrogen (secondary N) is 1. The minimum atomic E-state index is -3.36. The summed E-state index contributed by atoms with van der Waals surface area (Å²) >= 11 is 0. The molecule has 7 heteroatoms. The third-order valence-corrected chi connectivity index (χ3v) is 8.11. The van der Waals surface area contributed by atoms with Crippen molar-refractivity contribution in [3.63, 3.8) is 0 Å². The number of rotatable bonds is 4. The zero-order valence-corrected chi connectivity index (χ0v) is 19.2. The molecule has 0 unspecified atom stereocenters. The van der Waals surface area contributed by atoms with Crippen molar-refractivity contribution in [2.45, 2.75) is 32.1 Å². The summed E-state index contributed by atoms with van der Waals surface area (Å²) in [6.45, 7) is 7.13. The minimum absolute atomic E-state index is 0.0111. The molecule has 1 amide bonds. The highest BCUT2D eigenvalue weighted by molar-refractivity contribution is 7.91. The van der Waals surface area contributed by atoms with Crippen LogP contribution in [-0.4, -0.2) is 48.0 Å². The average molecular weight is 448 g/mol. The van der Waals surface area contributed by atoms with Crippen molar-refractivity contribution in [3.05, 3.63) is 59.3 Å². The van der Waals surface area contributed by atoms with E-state index in [1.165, 1.54) is 0 Å². The molecule has 1 aliphatic rings. The standard InChI is InChI=1S/C25H25N3O3S/c1-4-32(30,31)18-8-5-7-17(12-18)20-13-19(25(29)28-9-6-10-28)16(3)23-22(20)21-11-15(2)14-26-24(21)27-23/h5,7-8,11-14H,4,6,9-10H2,1-3H3,(H,26,27). The van der Waals surface area contributed by atoms with Gasteiger partial charge in [0.1, 0.15) is 5.65 Å². The fraction of sp³-hybridized carbons (Fsp3) is 0.280. The van der Waals surface area contributed by atoms with E-state index in [0.717, 1.165) is 63.7 Å².